The molecular weight excluding hydrogens is 471 g/mol. The predicted octanol–water partition coefficient (Wildman–Crippen LogP) is 3.74. The fourth-order valence-electron chi connectivity index (χ4n) is 5.30. The second-order valence-corrected chi connectivity index (χ2v) is 9.39. The molecule has 4 rings (SSSR count). The van der Waals surface area contributed by atoms with Gasteiger partial charge in [-0.2, -0.15) is 18.4 Å². The molecule has 2 aromatic carbocycles. The number of benzene rings is 2. The molecule has 0 radical (unpaired) electrons. The van der Waals surface area contributed by atoms with Crippen LogP contribution in [0.25, 0.3) is 0 Å². The molecule has 0 saturated carbocycles. The number of primary amides is 1. The Kier molecular flexibility index (Phi) is 7.38. The van der Waals surface area contributed by atoms with Crippen LogP contribution in [0.2, 0.25) is 0 Å². The summed E-state index contributed by atoms with van der Waals surface area (Å²) >= 11 is 0. The van der Waals surface area contributed by atoms with Gasteiger partial charge in [0.25, 0.3) is 0 Å². The maximum atomic E-state index is 13.4. The van der Waals surface area contributed by atoms with Crippen LogP contribution in [0.1, 0.15) is 29.5 Å². The Morgan fingerprint density at radius 1 is 1.08 bits per heavy atom. The second-order valence-electron chi connectivity index (χ2n) is 9.39. The van der Waals surface area contributed by atoms with Crippen LogP contribution in [-0.2, 0) is 17.5 Å². The number of amides is 3. The standard InChI is InChI=1S/C26H28F3N5O2/c27-26(28,29)23-12-20(7-6-19(23)13-30)34-15-21(22(16-34)24(31)35)18-8-10-33(11-9-18)25(36)32-14-17-4-2-1-3-5-17/h1-7,12,18,21-22H,8-11,14-16H2,(H2,31,35)(H,32,36)/t21-,22+/m0/s1. The first kappa shape index (κ1) is 25.4. The molecule has 36 heavy (non-hydrogen) atoms. The number of nitrogens with two attached hydrogens (primary N) is 1. The van der Waals surface area contributed by atoms with Crippen molar-refractivity contribution in [3.05, 3.63) is 65.2 Å². The molecule has 190 valence electrons. The quantitative estimate of drug-likeness (QED) is 0.654. The van der Waals surface area contributed by atoms with Crippen LogP contribution in [0.15, 0.2) is 48.5 Å². The fraction of sp³-hybridized carbons (Fsp3) is 0.423. The van der Waals surface area contributed by atoms with Crippen molar-refractivity contribution in [2.45, 2.75) is 25.6 Å². The highest BCUT2D eigenvalue weighted by molar-refractivity contribution is 5.79. The van der Waals surface area contributed by atoms with Crippen LogP contribution >= 0.6 is 0 Å². The Bertz CT molecular complexity index is 1140. The Balaban J connectivity index is 1.40. The third-order valence-corrected chi connectivity index (χ3v) is 7.24. The maximum absolute atomic E-state index is 13.4. The summed E-state index contributed by atoms with van der Waals surface area (Å²) in [5.41, 5.74) is 5.58. The van der Waals surface area contributed by atoms with Crippen LogP contribution in [0, 0.1) is 29.1 Å². The molecule has 3 amide bonds. The first-order valence-electron chi connectivity index (χ1n) is 11.9. The minimum absolute atomic E-state index is 0.117. The molecule has 0 aromatic heterocycles. The third kappa shape index (κ3) is 5.56. The van der Waals surface area contributed by atoms with Gasteiger partial charge in [0.1, 0.15) is 0 Å². The minimum Gasteiger partial charge on any atom is -0.370 e. The van der Waals surface area contributed by atoms with E-state index >= 15 is 0 Å². The van der Waals surface area contributed by atoms with Crippen LogP contribution < -0.4 is 16.0 Å². The van der Waals surface area contributed by atoms with Gasteiger partial charge in [0.2, 0.25) is 5.91 Å². The molecule has 2 aliphatic heterocycles. The van der Waals surface area contributed by atoms with E-state index < -0.39 is 29.1 Å². The van der Waals surface area contributed by atoms with Crippen LogP contribution in [0.3, 0.4) is 0 Å². The lowest BCUT2D eigenvalue weighted by Gasteiger charge is -2.36. The molecule has 2 saturated heterocycles. The summed E-state index contributed by atoms with van der Waals surface area (Å²) in [5.74, 6) is -0.984. The predicted molar refractivity (Wildman–Crippen MR) is 128 cm³/mol. The number of hydrogen-bond donors (Lipinski definition) is 2. The van der Waals surface area contributed by atoms with Crippen molar-refractivity contribution in [2.75, 3.05) is 31.1 Å². The molecule has 2 heterocycles. The van der Waals surface area contributed by atoms with Gasteiger partial charge in [-0.25, -0.2) is 4.79 Å². The SMILES string of the molecule is N#Cc1ccc(N2C[C@@H](C(N)=O)[C@H](C3CCN(C(=O)NCc4ccccc4)CC3)C2)cc1C(F)(F)F. The van der Waals surface area contributed by atoms with Crippen molar-refractivity contribution in [3.8, 4) is 6.07 Å². The van der Waals surface area contributed by atoms with E-state index in [-0.39, 0.29) is 24.4 Å². The Morgan fingerprint density at radius 2 is 1.78 bits per heavy atom. The Hall–Kier alpha value is -3.74. The van der Waals surface area contributed by atoms with Crippen molar-refractivity contribution >= 4 is 17.6 Å². The van der Waals surface area contributed by atoms with E-state index in [0.29, 0.717) is 44.7 Å². The van der Waals surface area contributed by atoms with Crippen LogP contribution in [0.5, 0.6) is 0 Å². The van der Waals surface area contributed by atoms with Gasteiger partial charge in [-0.05, 0) is 48.4 Å². The van der Waals surface area contributed by atoms with Crippen molar-refractivity contribution in [2.24, 2.45) is 23.5 Å². The molecule has 7 nitrogen and oxygen atoms in total. The monoisotopic (exact) mass is 499 g/mol. The van der Waals surface area contributed by atoms with E-state index in [9.17, 15) is 22.8 Å². The number of anilines is 1. The lowest BCUT2D eigenvalue weighted by molar-refractivity contribution is -0.137. The Morgan fingerprint density at radius 3 is 2.39 bits per heavy atom. The van der Waals surface area contributed by atoms with Gasteiger partial charge >= 0.3 is 12.2 Å². The van der Waals surface area contributed by atoms with E-state index in [4.69, 9.17) is 11.0 Å². The van der Waals surface area contributed by atoms with Gasteiger partial charge in [-0.1, -0.05) is 30.3 Å². The number of halogens is 3. The van der Waals surface area contributed by atoms with Gasteiger partial charge in [0, 0.05) is 38.4 Å². The first-order chi connectivity index (χ1) is 17.2. The number of rotatable bonds is 5. The van der Waals surface area contributed by atoms with E-state index in [1.54, 1.807) is 15.9 Å². The summed E-state index contributed by atoms with van der Waals surface area (Å²) < 4.78 is 40.3. The number of carbonyl (C=O) groups excluding carboxylic acids is 2. The van der Waals surface area contributed by atoms with Crippen molar-refractivity contribution in [1.82, 2.24) is 10.2 Å². The topological polar surface area (TPSA) is 102 Å². The molecule has 10 heteroatoms. The highest BCUT2D eigenvalue weighted by Crippen LogP contribution is 2.40. The molecule has 0 spiro atoms. The van der Waals surface area contributed by atoms with Crippen LogP contribution in [-0.4, -0.2) is 43.0 Å². The molecule has 0 unspecified atom stereocenters. The van der Waals surface area contributed by atoms with Gasteiger partial charge in [-0.15, -0.1) is 0 Å². The lowest BCUT2D eigenvalue weighted by atomic mass is 9.78. The van der Waals surface area contributed by atoms with E-state index in [1.165, 1.54) is 6.07 Å². The summed E-state index contributed by atoms with van der Waals surface area (Å²) in [7, 11) is 0. The Labute approximate surface area is 207 Å². The molecule has 3 N–H and O–H groups in total. The number of nitrogens with one attached hydrogen (secondary N) is 1. The molecule has 2 fully saturated rings. The molecule has 2 aliphatic rings. The fourth-order valence-corrected chi connectivity index (χ4v) is 5.30. The summed E-state index contributed by atoms with van der Waals surface area (Å²) in [6.07, 6.45) is -3.29. The number of carbonyl (C=O) groups is 2. The van der Waals surface area contributed by atoms with Gasteiger partial charge < -0.3 is 20.9 Å². The zero-order chi connectivity index (χ0) is 25.9. The average molecular weight is 500 g/mol. The molecule has 0 aliphatic carbocycles. The number of alkyl halides is 3. The highest BCUT2D eigenvalue weighted by Gasteiger charge is 2.43. The number of hydrogen-bond acceptors (Lipinski definition) is 4. The van der Waals surface area contributed by atoms with Crippen molar-refractivity contribution < 1.29 is 22.8 Å². The van der Waals surface area contributed by atoms with E-state index in [0.717, 1.165) is 17.7 Å². The summed E-state index contributed by atoms with van der Waals surface area (Å²) in [6.45, 7) is 2.11. The third-order valence-electron chi connectivity index (χ3n) is 7.24. The second kappa shape index (κ2) is 10.5. The highest BCUT2D eigenvalue weighted by atomic mass is 19.4. The van der Waals surface area contributed by atoms with Crippen LogP contribution in [0.4, 0.5) is 23.7 Å². The normalized spacial score (nSPS) is 20.7. The number of piperidine rings is 1. The van der Waals surface area contributed by atoms with Gasteiger partial charge in [0.05, 0.1) is 23.1 Å². The largest absolute Gasteiger partial charge is 0.417 e. The summed E-state index contributed by atoms with van der Waals surface area (Å²) in [4.78, 5) is 28.3. The van der Waals surface area contributed by atoms with Crippen molar-refractivity contribution in [3.63, 3.8) is 0 Å². The molecule has 2 aromatic rings. The van der Waals surface area contributed by atoms with E-state index in [1.807, 2.05) is 30.3 Å². The lowest BCUT2D eigenvalue weighted by Crippen LogP contribution is -2.46. The number of urea groups is 1. The van der Waals surface area contributed by atoms with E-state index in [2.05, 4.69) is 5.32 Å². The smallest absolute Gasteiger partial charge is 0.370 e. The first-order valence-corrected chi connectivity index (χ1v) is 11.9. The zero-order valence-electron chi connectivity index (χ0n) is 19.7. The molecular formula is C26H28F3N5O2. The number of nitriles is 1. The maximum Gasteiger partial charge on any atom is 0.417 e. The average Bonchev–Trinajstić information content (AvgIpc) is 3.33. The summed E-state index contributed by atoms with van der Waals surface area (Å²) in [5, 5.41) is 12.0. The zero-order valence-corrected chi connectivity index (χ0v) is 19.7. The van der Waals surface area contributed by atoms with Crippen molar-refractivity contribution in [1.29, 1.82) is 5.26 Å². The van der Waals surface area contributed by atoms with Gasteiger partial charge in [0.15, 0.2) is 0 Å². The minimum atomic E-state index is -4.66. The van der Waals surface area contributed by atoms with Gasteiger partial charge in [-0.3, -0.25) is 4.79 Å². The molecule has 2 atom stereocenters. The number of likely N-dealkylation sites (tertiary alicyclic amines) is 1. The number of nitrogens with zero attached hydrogens (tertiary/aromatic N) is 3. The molecule has 0 bridgehead atoms. The summed E-state index contributed by atoms with van der Waals surface area (Å²) in [6, 6.07) is 14.7.